The highest BCUT2D eigenvalue weighted by Gasteiger charge is 2.32. The van der Waals surface area contributed by atoms with Gasteiger partial charge in [0.25, 0.3) is 5.91 Å². The minimum atomic E-state index is 0.0614. The molecule has 0 aliphatic carbocycles. The Morgan fingerprint density at radius 3 is 2.46 bits per heavy atom. The summed E-state index contributed by atoms with van der Waals surface area (Å²) in [5.74, 6) is 0.0614. The molecule has 2 heterocycles. The second kappa shape index (κ2) is 6.29. The first-order chi connectivity index (χ1) is 11.7. The van der Waals surface area contributed by atoms with E-state index in [0.29, 0.717) is 17.3 Å². The van der Waals surface area contributed by atoms with Gasteiger partial charge in [-0.15, -0.1) is 0 Å². The van der Waals surface area contributed by atoms with Crippen molar-refractivity contribution in [2.75, 3.05) is 30.3 Å². The Balaban J connectivity index is 1.67. The minimum Gasteiger partial charge on any atom is -0.399 e. The van der Waals surface area contributed by atoms with Gasteiger partial charge >= 0.3 is 0 Å². The van der Waals surface area contributed by atoms with E-state index < -0.39 is 0 Å². The average Bonchev–Trinajstić information content (AvgIpc) is 3.15. The van der Waals surface area contributed by atoms with Crippen molar-refractivity contribution in [3.05, 3.63) is 59.7 Å². The van der Waals surface area contributed by atoms with E-state index in [1.54, 1.807) is 12.1 Å². The maximum atomic E-state index is 13.1. The highest BCUT2D eigenvalue weighted by atomic mass is 16.2. The summed E-state index contributed by atoms with van der Waals surface area (Å²) in [6.07, 6.45) is 3.57. The highest BCUT2D eigenvalue weighted by Crippen LogP contribution is 2.31. The van der Waals surface area contributed by atoms with Gasteiger partial charge in [0, 0.05) is 29.5 Å². The number of hydrogen-bond donors (Lipinski definition) is 1. The van der Waals surface area contributed by atoms with Crippen molar-refractivity contribution in [3.8, 4) is 0 Å². The normalized spacial score (nSPS) is 20.8. The molecular formula is C20H23N3O. The largest absolute Gasteiger partial charge is 0.399 e. The Morgan fingerprint density at radius 1 is 1.00 bits per heavy atom. The first kappa shape index (κ1) is 15.2. The highest BCUT2D eigenvalue weighted by molar-refractivity contribution is 6.07. The van der Waals surface area contributed by atoms with E-state index in [9.17, 15) is 4.79 Å². The lowest BCUT2D eigenvalue weighted by atomic mass is 9.96. The molecule has 1 fully saturated rings. The van der Waals surface area contributed by atoms with Crippen LogP contribution in [0.2, 0.25) is 0 Å². The number of anilines is 2. The molecule has 24 heavy (non-hydrogen) atoms. The van der Waals surface area contributed by atoms with Crippen LogP contribution >= 0.6 is 0 Å². The zero-order chi connectivity index (χ0) is 16.5. The number of nitrogens with two attached hydrogens (primary N) is 1. The summed E-state index contributed by atoms with van der Waals surface area (Å²) in [5, 5.41) is 0. The van der Waals surface area contributed by atoms with E-state index in [1.807, 2.05) is 23.1 Å². The summed E-state index contributed by atoms with van der Waals surface area (Å²) in [7, 11) is 0. The molecule has 4 rings (SSSR count). The van der Waals surface area contributed by atoms with E-state index in [4.69, 9.17) is 5.73 Å². The maximum Gasteiger partial charge on any atom is 0.258 e. The third-order valence-electron chi connectivity index (χ3n) is 5.19. The number of likely N-dealkylation sites (tertiary alicyclic amines) is 1. The number of nitrogens with zero attached hydrogens (tertiary/aromatic N) is 2. The van der Waals surface area contributed by atoms with Crippen molar-refractivity contribution < 1.29 is 4.79 Å². The van der Waals surface area contributed by atoms with E-state index in [2.05, 4.69) is 23.1 Å². The summed E-state index contributed by atoms with van der Waals surface area (Å²) < 4.78 is 0. The van der Waals surface area contributed by atoms with Gasteiger partial charge in [0.2, 0.25) is 0 Å². The van der Waals surface area contributed by atoms with E-state index in [0.717, 1.165) is 31.7 Å². The van der Waals surface area contributed by atoms with Gasteiger partial charge in [0.05, 0.1) is 0 Å². The molecule has 0 bridgehead atoms. The zero-order valence-corrected chi connectivity index (χ0v) is 13.8. The molecule has 2 N–H and O–H groups in total. The number of amides is 1. The molecule has 1 unspecified atom stereocenters. The van der Waals surface area contributed by atoms with Crippen LogP contribution in [0.1, 0.15) is 28.8 Å². The van der Waals surface area contributed by atoms with Crippen LogP contribution in [0.15, 0.2) is 48.5 Å². The van der Waals surface area contributed by atoms with Crippen LogP contribution in [0.25, 0.3) is 0 Å². The molecule has 0 aromatic heterocycles. The number of hydrogen-bond acceptors (Lipinski definition) is 3. The number of para-hydroxylation sites is 1. The third kappa shape index (κ3) is 2.78. The van der Waals surface area contributed by atoms with E-state index in [-0.39, 0.29) is 5.91 Å². The molecule has 1 atom stereocenters. The second-order valence-corrected chi connectivity index (χ2v) is 6.77. The standard InChI is InChI=1S/C20H23N3O/c21-17-9-7-15(8-10-17)20(24)23-14-18(22-11-3-4-12-22)13-16-5-1-2-6-19(16)23/h1-2,5-10,18H,3-4,11-14,21H2. The Kier molecular flexibility index (Phi) is 3.98. The molecule has 2 aliphatic heterocycles. The molecule has 0 spiro atoms. The van der Waals surface area contributed by atoms with Crippen LogP contribution in [0.5, 0.6) is 0 Å². The minimum absolute atomic E-state index is 0.0614. The summed E-state index contributed by atoms with van der Waals surface area (Å²) in [4.78, 5) is 17.6. The number of fused-ring (bicyclic) bond motifs is 1. The smallest absolute Gasteiger partial charge is 0.258 e. The quantitative estimate of drug-likeness (QED) is 0.865. The molecule has 124 valence electrons. The fourth-order valence-corrected chi connectivity index (χ4v) is 3.90. The molecule has 0 radical (unpaired) electrons. The van der Waals surface area contributed by atoms with Crippen LogP contribution in [0.3, 0.4) is 0 Å². The predicted octanol–water partition coefficient (Wildman–Crippen LogP) is 2.94. The van der Waals surface area contributed by atoms with Gasteiger partial charge in [-0.25, -0.2) is 0 Å². The van der Waals surface area contributed by atoms with Gasteiger partial charge in [-0.3, -0.25) is 9.69 Å². The van der Waals surface area contributed by atoms with Crippen LogP contribution in [-0.2, 0) is 6.42 Å². The molecular weight excluding hydrogens is 298 g/mol. The first-order valence-corrected chi connectivity index (χ1v) is 8.72. The molecule has 4 heteroatoms. The first-order valence-electron chi connectivity index (χ1n) is 8.72. The number of carbonyl (C=O) groups is 1. The molecule has 4 nitrogen and oxygen atoms in total. The Bertz CT molecular complexity index is 735. The lowest BCUT2D eigenvalue weighted by Gasteiger charge is -2.39. The van der Waals surface area contributed by atoms with Crippen LogP contribution in [-0.4, -0.2) is 36.5 Å². The molecule has 1 saturated heterocycles. The Labute approximate surface area is 142 Å². The van der Waals surface area contributed by atoms with Crippen molar-refractivity contribution in [1.82, 2.24) is 4.90 Å². The van der Waals surface area contributed by atoms with Gasteiger partial charge in [0.1, 0.15) is 0 Å². The van der Waals surface area contributed by atoms with Crippen LogP contribution < -0.4 is 10.6 Å². The van der Waals surface area contributed by atoms with E-state index in [1.165, 1.54) is 18.4 Å². The lowest BCUT2D eigenvalue weighted by Crippen LogP contribution is -2.49. The van der Waals surface area contributed by atoms with Crippen molar-refractivity contribution >= 4 is 17.3 Å². The Morgan fingerprint density at radius 2 is 1.71 bits per heavy atom. The molecule has 2 aliphatic rings. The molecule has 2 aromatic carbocycles. The second-order valence-electron chi connectivity index (χ2n) is 6.77. The topological polar surface area (TPSA) is 49.6 Å². The lowest BCUT2D eigenvalue weighted by molar-refractivity contribution is 0.0972. The monoisotopic (exact) mass is 321 g/mol. The maximum absolute atomic E-state index is 13.1. The number of carbonyl (C=O) groups excluding carboxylic acids is 1. The number of rotatable bonds is 2. The average molecular weight is 321 g/mol. The van der Waals surface area contributed by atoms with Gasteiger partial charge in [-0.05, 0) is 68.2 Å². The number of nitrogen functional groups attached to an aromatic ring is 1. The molecule has 1 amide bonds. The number of benzene rings is 2. The summed E-state index contributed by atoms with van der Waals surface area (Å²) in [6.45, 7) is 3.06. The third-order valence-corrected chi connectivity index (χ3v) is 5.19. The van der Waals surface area contributed by atoms with Gasteiger partial charge in [-0.2, -0.15) is 0 Å². The fraction of sp³-hybridized carbons (Fsp3) is 0.350. The fourth-order valence-electron chi connectivity index (χ4n) is 3.90. The predicted molar refractivity (Wildman–Crippen MR) is 97.3 cm³/mol. The molecule has 0 saturated carbocycles. The van der Waals surface area contributed by atoms with E-state index >= 15 is 0 Å². The van der Waals surface area contributed by atoms with Crippen LogP contribution in [0.4, 0.5) is 11.4 Å². The van der Waals surface area contributed by atoms with Crippen LogP contribution in [0, 0.1) is 0 Å². The zero-order valence-electron chi connectivity index (χ0n) is 13.8. The summed E-state index contributed by atoms with van der Waals surface area (Å²) in [5.41, 5.74) is 9.45. The SMILES string of the molecule is Nc1ccc(C(=O)N2CC(N3CCCC3)Cc3ccccc32)cc1. The van der Waals surface area contributed by atoms with Crippen molar-refractivity contribution in [1.29, 1.82) is 0 Å². The van der Waals surface area contributed by atoms with Crippen molar-refractivity contribution in [2.24, 2.45) is 0 Å². The Hall–Kier alpha value is -2.33. The summed E-state index contributed by atoms with van der Waals surface area (Å²) >= 11 is 0. The molecule has 2 aromatic rings. The summed E-state index contributed by atoms with van der Waals surface area (Å²) in [6, 6.07) is 15.9. The van der Waals surface area contributed by atoms with Gasteiger partial charge < -0.3 is 10.6 Å². The van der Waals surface area contributed by atoms with Crippen molar-refractivity contribution in [2.45, 2.75) is 25.3 Å². The van der Waals surface area contributed by atoms with Crippen molar-refractivity contribution in [3.63, 3.8) is 0 Å². The van der Waals surface area contributed by atoms with Gasteiger partial charge in [0.15, 0.2) is 0 Å². The van der Waals surface area contributed by atoms with Gasteiger partial charge in [-0.1, -0.05) is 18.2 Å².